The van der Waals surface area contributed by atoms with Crippen molar-refractivity contribution in [3.8, 4) is 17.1 Å². The molecule has 2 aromatic carbocycles. The van der Waals surface area contributed by atoms with Crippen molar-refractivity contribution < 1.29 is 14.4 Å². The molecule has 0 aliphatic heterocycles. The Morgan fingerprint density at radius 2 is 1.65 bits per heavy atom. The molecule has 8 nitrogen and oxygen atoms in total. The summed E-state index contributed by atoms with van der Waals surface area (Å²) in [5, 5.41) is 10.2. The van der Waals surface area contributed by atoms with Crippen molar-refractivity contribution in [3.05, 3.63) is 102 Å². The van der Waals surface area contributed by atoms with E-state index >= 15 is 0 Å². The van der Waals surface area contributed by atoms with E-state index in [-0.39, 0.29) is 18.0 Å². The van der Waals surface area contributed by atoms with Crippen molar-refractivity contribution in [2.45, 2.75) is 37.8 Å². The number of nitrogens with one attached hydrogen (secondary N) is 2. The molecule has 1 aliphatic rings. The van der Waals surface area contributed by atoms with Gasteiger partial charge in [0.25, 0.3) is 11.8 Å². The fourth-order valence-corrected chi connectivity index (χ4v) is 4.22. The van der Waals surface area contributed by atoms with Crippen LogP contribution in [0.1, 0.15) is 35.2 Å². The summed E-state index contributed by atoms with van der Waals surface area (Å²) < 4.78 is 1.54. The lowest BCUT2D eigenvalue weighted by Gasteiger charge is -2.27. The number of carbonyl (C=O) groups excluding carboxylic acids is 3. The molecule has 1 aliphatic carbocycles. The van der Waals surface area contributed by atoms with Gasteiger partial charge >= 0.3 is 0 Å². The fraction of sp³-hybridized carbons (Fsp3) is 0.207. The Morgan fingerprint density at radius 3 is 2.35 bits per heavy atom. The molecule has 0 radical (unpaired) electrons. The highest BCUT2D eigenvalue weighted by atomic mass is 16.2. The van der Waals surface area contributed by atoms with E-state index in [0.717, 1.165) is 36.1 Å². The third-order valence-corrected chi connectivity index (χ3v) is 6.48. The molecule has 1 unspecified atom stereocenters. The van der Waals surface area contributed by atoms with Crippen LogP contribution in [0.5, 0.6) is 0 Å². The maximum Gasteiger partial charge on any atom is 0.289 e. The summed E-state index contributed by atoms with van der Waals surface area (Å²) in [5.74, 6) is -1.52. The van der Waals surface area contributed by atoms with Crippen LogP contribution in [0.15, 0.2) is 91.3 Å². The smallest absolute Gasteiger partial charge is 0.289 e. The van der Waals surface area contributed by atoms with E-state index in [2.05, 4.69) is 20.7 Å². The van der Waals surface area contributed by atoms with E-state index in [4.69, 9.17) is 0 Å². The minimum Gasteiger partial charge on any atom is -0.347 e. The Hall–Kier alpha value is -4.59. The zero-order valence-electron chi connectivity index (χ0n) is 20.2. The molecule has 1 atom stereocenters. The first-order valence-electron chi connectivity index (χ1n) is 12.3. The van der Waals surface area contributed by atoms with E-state index in [1.54, 1.807) is 24.5 Å². The molecular formula is C29H27N5O3. The maximum absolute atomic E-state index is 13.5. The van der Waals surface area contributed by atoms with Crippen molar-refractivity contribution in [1.29, 1.82) is 0 Å². The van der Waals surface area contributed by atoms with Gasteiger partial charge in [-0.05, 0) is 43.0 Å². The molecular weight excluding hydrogens is 466 g/mol. The zero-order chi connectivity index (χ0) is 25.6. The van der Waals surface area contributed by atoms with Crippen molar-refractivity contribution >= 4 is 17.6 Å². The van der Waals surface area contributed by atoms with Gasteiger partial charge in [-0.15, -0.1) is 0 Å². The van der Waals surface area contributed by atoms with Gasteiger partial charge in [0.1, 0.15) is 6.04 Å². The maximum atomic E-state index is 13.5. The monoisotopic (exact) mass is 493 g/mol. The van der Waals surface area contributed by atoms with Crippen LogP contribution in [-0.4, -0.2) is 44.4 Å². The Morgan fingerprint density at radius 1 is 0.919 bits per heavy atom. The molecule has 0 spiro atoms. The largest absolute Gasteiger partial charge is 0.347 e. The average Bonchev–Trinajstić information content (AvgIpc) is 3.41. The number of amides is 2. The van der Waals surface area contributed by atoms with Gasteiger partial charge in [-0.1, -0.05) is 60.7 Å². The van der Waals surface area contributed by atoms with E-state index in [1.807, 2.05) is 66.7 Å². The number of hydrogen-bond donors (Lipinski definition) is 2. The number of nitrogens with zero attached hydrogens (tertiary/aromatic N) is 3. The van der Waals surface area contributed by atoms with Gasteiger partial charge < -0.3 is 10.6 Å². The van der Waals surface area contributed by atoms with E-state index in [0.29, 0.717) is 5.82 Å². The topological polar surface area (TPSA) is 106 Å². The highest BCUT2D eigenvalue weighted by Crippen LogP contribution is 2.20. The van der Waals surface area contributed by atoms with Crippen LogP contribution >= 0.6 is 0 Å². The molecule has 4 aromatic rings. The Balaban J connectivity index is 1.39. The minimum absolute atomic E-state index is 0.0214. The number of Topliss-reactive ketones (excluding diaryl/α,β-unsaturated/α-hetero) is 1. The van der Waals surface area contributed by atoms with E-state index < -0.39 is 23.6 Å². The van der Waals surface area contributed by atoms with Gasteiger partial charge in [0.05, 0.1) is 11.3 Å². The number of ketones is 1. The van der Waals surface area contributed by atoms with Gasteiger partial charge in [-0.2, -0.15) is 5.10 Å². The number of aromatic nitrogens is 3. The van der Waals surface area contributed by atoms with Crippen LogP contribution in [0, 0.1) is 0 Å². The molecule has 2 aromatic heterocycles. The minimum atomic E-state index is -1.03. The summed E-state index contributed by atoms with van der Waals surface area (Å²) in [4.78, 5) is 43.7. The number of hydrogen-bond acceptors (Lipinski definition) is 5. The summed E-state index contributed by atoms with van der Waals surface area (Å²) in [6, 6.07) is 23.1. The second-order valence-corrected chi connectivity index (χ2v) is 9.07. The van der Waals surface area contributed by atoms with E-state index in [1.165, 1.54) is 4.68 Å². The van der Waals surface area contributed by atoms with Crippen LogP contribution in [0.4, 0.5) is 0 Å². The third kappa shape index (κ3) is 5.64. The summed E-state index contributed by atoms with van der Waals surface area (Å²) in [6.07, 6.45) is 6.27. The van der Waals surface area contributed by atoms with Crippen molar-refractivity contribution in [2.24, 2.45) is 0 Å². The number of rotatable bonds is 9. The third-order valence-electron chi connectivity index (χ3n) is 6.48. The predicted octanol–water partition coefficient (Wildman–Crippen LogP) is 3.51. The molecule has 186 valence electrons. The van der Waals surface area contributed by atoms with Crippen LogP contribution in [0.2, 0.25) is 0 Å². The highest BCUT2D eigenvalue weighted by Gasteiger charge is 2.31. The molecule has 1 saturated carbocycles. The van der Waals surface area contributed by atoms with Crippen LogP contribution < -0.4 is 10.6 Å². The van der Waals surface area contributed by atoms with Gasteiger partial charge in [-0.3, -0.25) is 14.4 Å². The summed E-state index contributed by atoms with van der Waals surface area (Å²) in [6.45, 7) is 0. The highest BCUT2D eigenvalue weighted by molar-refractivity contribution is 6.38. The van der Waals surface area contributed by atoms with Gasteiger partial charge in [0, 0.05) is 30.4 Å². The molecule has 2 amide bonds. The molecule has 2 N–H and O–H groups in total. The second-order valence-electron chi connectivity index (χ2n) is 9.07. The molecule has 5 rings (SSSR count). The lowest BCUT2D eigenvalue weighted by Crippen LogP contribution is -2.51. The average molecular weight is 494 g/mol. The van der Waals surface area contributed by atoms with Gasteiger partial charge in [0.2, 0.25) is 5.78 Å². The summed E-state index contributed by atoms with van der Waals surface area (Å²) in [7, 11) is 0. The van der Waals surface area contributed by atoms with Crippen molar-refractivity contribution in [2.75, 3.05) is 0 Å². The van der Waals surface area contributed by atoms with Crippen LogP contribution in [0.3, 0.4) is 0 Å². The quantitative estimate of drug-likeness (QED) is 0.347. The zero-order valence-corrected chi connectivity index (χ0v) is 20.2. The molecule has 0 bridgehead atoms. The number of carbonyl (C=O) groups is 3. The normalized spacial score (nSPS) is 13.8. The molecule has 2 heterocycles. The standard InChI is InChI=1S/C29H27N5O3/c35-26(29(37)31-22-13-7-14-22)25(19-20-9-3-1-4-10-20)32-28(36)23-15-8-17-30-27(23)34-18-16-24(33-34)21-11-5-2-6-12-21/h1-6,8-12,15-18,22,25H,7,13-14,19H2,(H,31,37)(H,32,36). The number of pyridine rings is 1. The van der Waals surface area contributed by atoms with Gasteiger partial charge in [-0.25, -0.2) is 9.67 Å². The van der Waals surface area contributed by atoms with Crippen molar-refractivity contribution in [1.82, 2.24) is 25.4 Å². The fourth-order valence-electron chi connectivity index (χ4n) is 4.22. The molecule has 0 saturated heterocycles. The first kappa shape index (κ1) is 24.1. The first-order valence-corrected chi connectivity index (χ1v) is 12.3. The van der Waals surface area contributed by atoms with Crippen LogP contribution in [0.25, 0.3) is 17.1 Å². The molecule has 8 heteroatoms. The van der Waals surface area contributed by atoms with Crippen molar-refractivity contribution in [3.63, 3.8) is 0 Å². The SMILES string of the molecule is O=C(NC1CCC1)C(=O)C(Cc1ccccc1)NC(=O)c1cccnc1-n1ccc(-c2ccccc2)n1. The molecule has 1 fully saturated rings. The summed E-state index contributed by atoms with van der Waals surface area (Å²) >= 11 is 0. The van der Waals surface area contributed by atoms with E-state index in [9.17, 15) is 14.4 Å². The Kier molecular flexibility index (Phi) is 7.16. The summed E-state index contributed by atoms with van der Waals surface area (Å²) in [5.41, 5.74) is 2.76. The first-order chi connectivity index (χ1) is 18.1. The Labute approximate surface area is 214 Å². The second kappa shape index (κ2) is 11.0. The van der Waals surface area contributed by atoms with Crippen LogP contribution in [-0.2, 0) is 16.0 Å². The number of benzene rings is 2. The predicted molar refractivity (Wildman–Crippen MR) is 139 cm³/mol. The lowest BCUT2D eigenvalue weighted by molar-refractivity contribution is -0.139. The Bertz CT molecular complexity index is 1400. The van der Waals surface area contributed by atoms with Gasteiger partial charge in [0.15, 0.2) is 5.82 Å². The molecule has 37 heavy (non-hydrogen) atoms. The lowest BCUT2D eigenvalue weighted by atomic mass is 9.92.